The van der Waals surface area contributed by atoms with Gasteiger partial charge in [0.25, 0.3) is 0 Å². The number of benzene rings is 1. The minimum Gasteiger partial charge on any atom is -0.301 e. The number of amides is 1. The number of anilines is 1. The third-order valence-electron chi connectivity index (χ3n) is 4.62. The van der Waals surface area contributed by atoms with Crippen LogP contribution in [0, 0.1) is 11.2 Å². The van der Waals surface area contributed by atoms with E-state index in [0.29, 0.717) is 23.4 Å². The Morgan fingerprint density at radius 3 is 2.62 bits per heavy atom. The lowest BCUT2D eigenvalue weighted by molar-refractivity contribution is -0.117. The van der Waals surface area contributed by atoms with E-state index < -0.39 is 5.82 Å². The third-order valence-corrected chi connectivity index (χ3v) is 4.91. The van der Waals surface area contributed by atoms with Crippen LogP contribution >= 0.6 is 11.6 Å². The summed E-state index contributed by atoms with van der Waals surface area (Å²) < 4.78 is 16.5. The number of hydrogen-bond acceptors (Lipinski definition) is 2. The van der Waals surface area contributed by atoms with Gasteiger partial charge in [0.05, 0.1) is 10.5 Å². The molecule has 1 aromatic carbocycles. The number of fused-ring (bicyclic) bond motifs is 1. The Balaban J connectivity index is 2.09. The van der Waals surface area contributed by atoms with E-state index in [-0.39, 0.29) is 21.9 Å². The molecule has 1 aliphatic carbocycles. The van der Waals surface area contributed by atoms with Crippen molar-refractivity contribution in [3.05, 3.63) is 23.0 Å². The van der Waals surface area contributed by atoms with Crippen molar-refractivity contribution < 1.29 is 9.18 Å². The Bertz CT molecular complexity index is 803. The Hall–Kier alpha value is -1.62. The molecule has 6 heteroatoms. The standard InChI is InChI=1S/C18H23ClFN3O/c1-17(2,3)10-13(24)22-16-21-12-7-6-11(19)14(20)15(12)23(16)18(4)8-5-9-18/h6-7H,5,8-10H2,1-4H3,(H,21,22,24). The summed E-state index contributed by atoms with van der Waals surface area (Å²) in [7, 11) is 0. The number of imidazole rings is 1. The minimum absolute atomic E-state index is 0.0686. The van der Waals surface area contributed by atoms with Crippen molar-refractivity contribution in [2.75, 3.05) is 5.32 Å². The van der Waals surface area contributed by atoms with Gasteiger partial charge in [-0.3, -0.25) is 10.1 Å². The van der Waals surface area contributed by atoms with Crippen LogP contribution in [0.5, 0.6) is 0 Å². The Kier molecular flexibility index (Phi) is 4.11. The molecule has 0 aliphatic heterocycles. The van der Waals surface area contributed by atoms with Crippen molar-refractivity contribution in [1.82, 2.24) is 9.55 Å². The van der Waals surface area contributed by atoms with Gasteiger partial charge in [-0.15, -0.1) is 0 Å². The lowest BCUT2D eigenvalue weighted by atomic mass is 9.78. The van der Waals surface area contributed by atoms with Crippen LogP contribution in [-0.4, -0.2) is 15.5 Å². The SMILES string of the molecule is CC(C)(C)CC(=O)Nc1nc2ccc(Cl)c(F)c2n1C1(C)CCC1. The highest BCUT2D eigenvalue weighted by Crippen LogP contribution is 2.44. The van der Waals surface area contributed by atoms with Gasteiger partial charge in [-0.25, -0.2) is 9.37 Å². The number of carbonyl (C=O) groups excluding carboxylic acids is 1. The molecule has 0 unspecified atom stereocenters. The first-order valence-corrected chi connectivity index (χ1v) is 8.65. The monoisotopic (exact) mass is 351 g/mol. The van der Waals surface area contributed by atoms with E-state index in [2.05, 4.69) is 17.2 Å². The summed E-state index contributed by atoms with van der Waals surface area (Å²) in [5.74, 6) is -0.192. The number of nitrogens with one attached hydrogen (secondary N) is 1. The maximum atomic E-state index is 14.7. The van der Waals surface area contributed by atoms with Gasteiger partial charge in [-0.2, -0.15) is 0 Å². The highest BCUT2D eigenvalue weighted by molar-refractivity contribution is 6.31. The number of nitrogens with zero attached hydrogens (tertiary/aromatic N) is 2. The molecule has 3 rings (SSSR count). The summed E-state index contributed by atoms with van der Waals surface area (Å²) in [5, 5.41) is 2.95. The quantitative estimate of drug-likeness (QED) is 0.835. The number of rotatable bonds is 3. The maximum absolute atomic E-state index is 14.7. The lowest BCUT2D eigenvalue weighted by Crippen LogP contribution is -2.38. The molecule has 130 valence electrons. The van der Waals surface area contributed by atoms with Gasteiger partial charge in [-0.05, 0) is 43.7 Å². The Labute approximate surface area is 146 Å². The lowest BCUT2D eigenvalue weighted by Gasteiger charge is -2.41. The van der Waals surface area contributed by atoms with E-state index in [9.17, 15) is 9.18 Å². The largest absolute Gasteiger partial charge is 0.301 e. The smallest absolute Gasteiger partial charge is 0.227 e. The molecule has 0 radical (unpaired) electrons. The number of carbonyl (C=O) groups is 1. The Morgan fingerprint density at radius 2 is 2.08 bits per heavy atom. The molecule has 24 heavy (non-hydrogen) atoms. The maximum Gasteiger partial charge on any atom is 0.227 e. The van der Waals surface area contributed by atoms with Gasteiger partial charge in [0.1, 0.15) is 5.52 Å². The van der Waals surface area contributed by atoms with Gasteiger partial charge < -0.3 is 4.57 Å². The van der Waals surface area contributed by atoms with Gasteiger partial charge in [-0.1, -0.05) is 32.4 Å². The molecule has 0 saturated heterocycles. The predicted octanol–water partition coefficient (Wildman–Crippen LogP) is 5.10. The first kappa shape index (κ1) is 17.2. The van der Waals surface area contributed by atoms with E-state index in [1.54, 1.807) is 6.07 Å². The molecule has 1 aliphatic rings. The van der Waals surface area contributed by atoms with E-state index in [1.807, 2.05) is 25.3 Å². The van der Waals surface area contributed by atoms with Gasteiger partial charge >= 0.3 is 0 Å². The topological polar surface area (TPSA) is 46.9 Å². The summed E-state index contributed by atoms with van der Waals surface area (Å²) in [5.41, 5.74) is 0.507. The summed E-state index contributed by atoms with van der Waals surface area (Å²) in [6.45, 7) is 8.07. The van der Waals surface area contributed by atoms with Crippen LogP contribution in [0.3, 0.4) is 0 Å². The van der Waals surface area contributed by atoms with E-state index in [1.165, 1.54) is 6.07 Å². The molecule has 0 atom stereocenters. The fourth-order valence-electron chi connectivity index (χ4n) is 3.27. The first-order valence-electron chi connectivity index (χ1n) is 8.28. The molecule has 1 heterocycles. The average Bonchev–Trinajstić information content (AvgIpc) is 2.77. The van der Waals surface area contributed by atoms with Crippen LogP contribution in [-0.2, 0) is 10.3 Å². The zero-order valence-electron chi connectivity index (χ0n) is 14.5. The second-order valence-corrected chi connectivity index (χ2v) is 8.54. The van der Waals surface area contributed by atoms with E-state index in [0.717, 1.165) is 19.3 Å². The molecule has 1 fully saturated rings. The summed E-state index contributed by atoms with van der Waals surface area (Å²) in [6.07, 6.45) is 3.29. The molecule has 1 saturated carbocycles. The van der Waals surface area contributed by atoms with Crippen molar-refractivity contribution in [2.45, 2.75) is 58.9 Å². The zero-order chi connectivity index (χ0) is 17.7. The van der Waals surface area contributed by atoms with Crippen LogP contribution in [0.4, 0.5) is 10.3 Å². The summed E-state index contributed by atoms with van der Waals surface area (Å²) in [6, 6.07) is 3.19. The number of hydrogen-bond donors (Lipinski definition) is 1. The molecule has 1 aromatic heterocycles. The highest BCUT2D eigenvalue weighted by Gasteiger charge is 2.38. The minimum atomic E-state index is -0.480. The van der Waals surface area contributed by atoms with Crippen LogP contribution in [0.2, 0.25) is 5.02 Å². The number of aromatic nitrogens is 2. The van der Waals surface area contributed by atoms with Crippen molar-refractivity contribution in [3.8, 4) is 0 Å². The molecule has 1 N–H and O–H groups in total. The highest BCUT2D eigenvalue weighted by atomic mass is 35.5. The first-order chi connectivity index (χ1) is 11.1. The van der Waals surface area contributed by atoms with Crippen molar-refractivity contribution in [3.63, 3.8) is 0 Å². The van der Waals surface area contributed by atoms with Crippen LogP contribution in [0.1, 0.15) is 53.4 Å². The van der Waals surface area contributed by atoms with Crippen molar-refractivity contribution in [1.29, 1.82) is 0 Å². The number of halogens is 2. The van der Waals surface area contributed by atoms with Crippen LogP contribution < -0.4 is 5.32 Å². The third kappa shape index (κ3) is 3.02. The van der Waals surface area contributed by atoms with Crippen molar-refractivity contribution in [2.24, 2.45) is 5.41 Å². The van der Waals surface area contributed by atoms with Crippen LogP contribution in [0.15, 0.2) is 12.1 Å². The Morgan fingerprint density at radius 1 is 1.42 bits per heavy atom. The second-order valence-electron chi connectivity index (χ2n) is 8.14. The molecular formula is C18H23ClFN3O. The van der Waals surface area contributed by atoms with Gasteiger partial charge in [0.2, 0.25) is 11.9 Å². The molecule has 1 amide bonds. The van der Waals surface area contributed by atoms with E-state index in [4.69, 9.17) is 11.6 Å². The fraction of sp³-hybridized carbons (Fsp3) is 0.556. The van der Waals surface area contributed by atoms with Gasteiger partial charge in [0.15, 0.2) is 5.82 Å². The van der Waals surface area contributed by atoms with Gasteiger partial charge in [0, 0.05) is 12.0 Å². The fourth-order valence-corrected chi connectivity index (χ4v) is 3.43. The molecular weight excluding hydrogens is 329 g/mol. The molecule has 0 bridgehead atoms. The molecule has 4 nitrogen and oxygen atoms in total. The molecule has 0 spiro atoms. The normalized spacial score (nSPS) is 16.9. The van der Waals surface area contributed by atoms with Crippen LogP contribution in [0.25, 0.3) is 11.0 Å². The van der Waals surface area contributed by atoms with Crippen molar-refractivity contribution >= 4 is 34.5 Å². The summed E-state index contributed by atoms with van der Waals surface area (Å²) >= 11 is 5.97. The summed E-state index contributed by atoms with van der Waals surface area (Å²) in [4.78, 5) is 16.8. The average molecular weight is 352 g/mol. The second kappa shape index (κ2) is 5.73. The van der Waals surface area contributed by atoms with E-state index >= 15 is 0 Å². The predicted molar refractivity (Wildman–Crippen MR) is 94.9 cm³/mol. The molecule has 2 aromatic rings. The zero-order valence-corrected chi connectivity index (χ0v) is 15.3.